The molecule has 0 aliphatic rings. The second-order valence-electron chi connectivity index (χ2n) is 7.45. The summed E-state index contributed by atoms with van der Waals surface area (Å²) in [6.45, 7) is 5.35. The lowest BCUT2D eigenvalue weighted by molar-refractivity contribution is -0.139. The van der Waals surface area contributed by atoms with Gasteiger partial charge in [0.25, 0.3) is 0 Å². The molecule has 0 radical (unpaired) electrons. The maximum absolute atomic E-state index is 11.7. The van der Waals surface area contributed by atoms with Crippen LogP contribution in [-0.2, 0) is 18.6 Å². The number of rotatable bonds is 19. The molecule has 0 fully saturated rings. The molecule has 0 bridgehead atoms. The van der Waals surface area contributed by atoms with Gasteiger partial charge in [-0.05, 0) is 26.7 Å². The molecule has 0 saturated heterocycles. The number of carbonyl (C=O) groups is 1. The molecule has 166 valence electrons. The Hall–Kier alpha value is -0.640. The largest absolute Gasteiger partial charge is 0.447 e. The van der Waals surface area contributed by atoms with Crippen molar-refractivity contribution in [3.05, 3.63) is 12.2 Å². The van der Waals surface area contributed by atoms with Gasteiger partial charge in [-0.2, -0.15) is 0 Å². The Labute approximate surface area is 172 Å². The van der Waals surface area contributed by atoms with E-state index >= 15 is 0 Å². The van der Waals surface area contributed by atoms with Gasteiger partial charge in [0.15, 0.2) is 5.85 Å². The van der Waals surface area contributed by atoms with E-state index < -0.39 is 19.4 Å². The molecule has 0 heterocycles. The number of esters is 1. The molecule has 1 N–H and O–H groups in total. The Kier molecular flexibility index (Phi) is 18.0. The van der Waals surface area contributed by atoms with Crippen molar-refractivity contribution in [2.45, 2.75) is 117 Å². The van der Waals surface area contributed by atoms with E-state index in [2.05, 4.69) is 6.92 Å². The van der Waals surface area contributed by atoms with Crippen molar-refractivity contribution < 1.29 is 23.5 Å². The van der Waals surface area contributed by atoms with Gasteiger partial charge < -0.3 is 14.2 Å². The monoisotopic (exact) mass is 418 g/mol. The maximum Gasteiger partial charge on any atom is 0.368 e. The van der Waals surface area contributed by atoms with E-state index in [0.717, 1.165) is 12.8 Å². The van der Waals surface area contributed by atoms with Gasteiger partial charge in [0.05, 0.1) is 6.61 Å². The fraction of sp³-hybridized carbons (Fsp3) is 0.864. The van der Waals surface area contributed by atoms with Crippen LogP contribution >= 0.6 is 7.60 Å². The summed E-state index contributed by atoms with van der Waals surface area (Å²) >= 11 is 0. The molecule has 0 rings (SSSR count). The molecule has 0 aromatic heterocycles. The van der Waals surface area contributed by atoms with Crippen LogP contribution in [0.1, 0.15) is 111 Å². The number of hydrogen-bond acceptors (Lipinski definition) is 4. The topological polar surface area (TPSA) is 72.8 Å². The molecular weight excluding hydrogens is 375 g/mol. The third kappa shape index (κ3) is 16.3. The first-order chi connectivity index (χ1) is 13.4. The zero-order valence-electron chi connectivity index (χ0n) is 18.4. The maximum atomic E-state index is 11.7. The summed E-state index contributed by atoms with van der Waals surface area (Å²) in [6.07, 6.45) is 21.0. The molecule has 28 heavy (non-hydrogen) atoms. The van der Waals surface area contributed by atoms with Crippen LogP contribution in [-0.4, -0.2) is 23.3 Å². The number of carbonyl (C=O) groups excluding carboxylic acids is 1. The van der Waals surface area contributed by atoms with Gasteiger partial charge in [0, 0.05) is 6.08 Å². The minimum Gasteiger partial charge on any atom is -0.447 e. The lowest BCUT2D eigenvalue weighted by atomic mass is 10.0. The Balaban J connectivity index is 3.50. The van der Waals surface area contributed by atoms with E-state index in [0.29, 0.717) is 0 Å². The summed E-state index contributed by atoms with van der Waals surface area (Å²) < 4.78 is 21.4. The Bertz CT molecular complexity index is 450. The van der Waals surface area contributed by atoms with E-state index in [9.17, 15) is 14.3 Å². The molecule has 2 atom stereocenters. The number of ether oxygens (including phenoxy) is 1. The fourth-order valence-electron chi connectivity index (χ4n) is 3.02. The van der Waals surface area contributed by atoms with Crippen molar-refractivity contribution >= 4 is 13.6 Å². The highest BCUT2D eigenvalue weighted by Gasteiger charge is 2.30. The summed E-state index contributed by atoms with van der Waals surface area (Å²) in [5, 5.41) is 0. The summed E-state index contributed by atoms with van der Waals surface area (Å²) in [6, 6.07) is 0. The predicted octanol–water partition coefficient (Wildman–Crippen LogP) is 7.14. The van der Waals surface area contributed by atoms with Gasteiger partial charge in [-0.3, -0.25) is 4.57 Å². The first-order valence-corrected chi connectivity index (χ1v) is 12.9. The lowest BCUT2D eigenvalue weighted by Gasteiger charge is -2.17. The molecule has 0 spiro atoms. The minimum absolute atomic E-state index is 0.102. The Morgan fingerprint density at radius 1 is 0.893 bits per heavy atom. The second kappa shape index (κ2) is 18.4. The summed E-state index contributed by atoms with van der Waals surface area (Å²) in [7, 11) is -3.89. The lowest BCUT2D eigenvalue weighted by Crippen LogP contribution is -2.14. The van der Waals surface area contributed by atoms with Crippen LogP contribution in [0.3, 0.4) is 0 Å². The number of hydrogen-bond donors (Lipinski definition) is 1. The Morgan fingerprint density at radius 3 is 1.82 bits per heavy atom. The summed E-state index contributed by atoms with van der Waals surface area (Å²) in [4.78, 5) is 21.2. The van der Waals surface area contributed by atoms with Crippen LogP contribution in [0, 0.1) is 0 Å². The van der Waals surface area contributed by atoms with Crippen molar-refractivity contribution in [1.29, 1.82) is 0 Å². The van der Waals surface area contributed by atoms with E-state index in [-0.39, 0.29) is 6.61 Å². The molecule has 2 unspecified atom stereocenters. The van der Waals surface area contributed by atoms with Gasteiger partial charge in [-0.25, -0.2) is 4.79 Å². The number of allylic oxidation sites excluding steroid dienone is 1. The van der Waals surface area contributed by atoms with Crippen LogP contribution < -0.4 is 0 Å². The zero-order chi connectivity index (χ0) is 21.1. The van der Waals surface area contributed by atoms with Crippen molar-refractivity contribution in [1.82, 2.24) is 0 Å². The zero-order valence-corrected chi connectivity index (χ0v) is 19.3. The number of unbranched alkanes of at least 4 members (excludes halogenated alkanes) is 13. The van der Waals surface area contributed by atoms with E-state index in [1.54, 1.807) is 13.0 Å². The second-order valence-corrected chi connectivity index (χ2v) is 9.57. The minimum atomic E-state index is -3.89. The van der Waals surface area contributed by atoms with Gasteiger partial charge in [-0.1, -0.05) is 90.0 Å². The highest BCUT2D eigenvalue weighted by Crippen LogP contribution is 2.47. The third-order valence-corrected chi connectivity index (χ3v) is 6.44. The average Bonchev–Trinajstić information content (AvgIpc) is 2.64. The van der Waals surface area contributed by atoms with Crippen molar-refractivity contribution in [3.63, 3.8) is 0 Å². The summed E-state index contributed by atoms with van der Waals surface area (Å²) in [5.41, 5.74) is 0. The normalized spacial score (nSPS) is 14.9. The molecule has 0 amide bonds. The van der Waals surface area contributed by atoms with Crippen LogP contribution in [0.25, 0.3) is 0 Å². The van der Waals surface area contributed by atoms with Gasteiger partial charge in [0.1, 0.15) is 0 Å². The SMILES string of the molecule is CCCCCCCCCCCCCCCC=CC(=O)OC(C)P(=O)(O)OCC. The molecule has 0 aliphatic heterocycles. The highest BCUT2D eigenvalue weighted by molar-refractivity contribution is 7.53. The van der Waals surface area contributed by atoms with Crippen LogP contribution in [0.5, 0.6) is 0 Å². The molecule has 6 heteroatoms. The first kappa shape index (κ1) is 27.4. The standard InChI is InChI=1S/C22H43O5P/c1-4-6-7-8-9-10-11-12-13-14-15-16-17-18-19-20-22(23)27-21(3)28(24,25)26-5-2/h19-21H,4-18H2,1-3H3,(H,24,25). The van der Waals surface area contributed by atoms with Gasteiger partial charge in [-0.15, -0.1) is 0 Å². The highest BCUT2D eigenvalue weighted by atomic mass is 31.2. The predicted molar refractivity (Wildman–Crippen MR) is 116 cm³/mol. The first-order valence-electron chi connectivity index (χ1n) is 11.3. The van der Waals surface area contributed by atoms with Crippen molar-refractivity contribution in [2.24, 2.45) is 0 Å². The quantitative estimate of drug-likeness (QED) is 0.104. The van der Waals surface area contributed by atoms with Gasteiger partial charge in [0.2, 0.25) is 0 Å². The Morgan fingerprint density at radius 2 is 1.36 bits per heavy atom. The molecule has 0 aliphatic carbocycles. The van der Waals surface area contributed by atoms with Gasteiger partial charge >= 0.3 is 13.6 Å². The van der Waals surface area contributed by atoms with E-state index in [1.807, 2.05) is 0 Å². The molecule has 0 aromatic rings. The van der Waals surface area contributed by atoms with Crippen molar-refractivity contribution in [2.75, 3.05) is 6.61 Å². The fourth-order valence-corrected chi connectivity index (χ4v) is 3.84. The van der Waals surface area contributed by atoms with E-state index in [4.69, 9.17) is 9.26 Å². The smallest absolute Gasteiger partial charge is 0.368 e. The van der Waals surface area contributed by atoms with Crippen molar-refractivity contribution in [3.8, 4) is 0 Å². The van der Waals surface area contributed by atoms with Crippen LogP contribution in [0.15, 0.2) is 12.2 Å². The molecule has 5 nitrogen and oxygen atoms in total. The van der Waals surface area contributed by atoms with E-state index in [1.165, 1.54) is 90.0 Å². The molecule has 0 aromatic carbocycles. The van der Waals surface area contributed by atoms with Crippen LogP contribution in [0.2, 0.25) is 0 Å². The molecular formula is C22H43O5P. The molecule has 0 saturated carbocycles. The summed E-state index contributed by atoms with van der Waals surface area (Å²) in [5.74, 6) is -1.75. The third-order valence-electron chi connectivity index (χ3n) is 4.79. The average molecular weight is 419 g/mol. The van der Waals surface area contributed by atoms with Crippen LogP contribution in [0.4, 0.5) is 0 Å².